The molecule has 2 atom stereocenters. The van der Waals surface area contributed by atoms with Crippen molar-refractivity contribution in [3.05, 3.63) is 18.3 Å². The van der Waals surface area contributed by atoms with Gasteiger partial charge in [-0.25, -0.2) is 0 Å². The average Bonchev–Trinajstić information content (AvgIpc) is 2.59. The van der Waals surface area contributed by atoms with E-state index < -0.39 is 6.04 Å². The molecule has 1 aromatic heterocycles. The molecule has 2 N–H and O–H groups in total. The molecule has 0 aromatic carbocycles. The number of anilines is 1. The van der Waals surface area contributed by atoms with Crippen LogP contribution in [0.2, 0.25) is 0 Å². The fourth-order valence-corrected chi connectivity index (χ4v) is 3.24. The molecule has 1 fully saturated rings. The summed E-state index contributed by atoms with van der Waals surface area (Å²) in [7, 11) is 1.87. The molecule has 122 valence electrons. The highest BCUT2D eigenvalue weighted by Crippen LogP contribution is 2.20. The van der Waals surface area contributed by atoms with Crippen molar-refractivity contribution in [1.82, 2.24) is 15.1 Å². The Labute approximate surface area is 136 Å². The molecular formula is C15H25N5OS. The van der Waals surface area contributed by atoms with Crippen LogP contribution >= 0.6 is 11.8 Å². The Bertz CT molecular complexity index is 472. The largest absolute Gasteiger partial charge is 0.353 e. The van der Waals surface area contributed by atoms with Crippen LogP contribution in [-0.2, 0) is 4.79 Å². The maximum absolute atomic E-state index is 12.4. The van der Waals surface area contributed by atoms with Crippen molar-refractivity contribution in [3.8, 4) is 0 Å². The molecule has 0 saturated carbocycles. The zero-order valence-corrected chi connectivity index (χ0v) is 14.1. The van der Waals surface area contributed by atoms with Crippen molar-refractivity contribution >= 4 is 23.5 Å². The van der Waals surface area contributed by atoms with Gasteiger partial charge < -0.3 is 15.5 Å². The van der Waals surface area contributed by atoms with Crippen LogP contribution in [0.4, 0.5) is 5.82 Å². The summed E-state index contributed by atoms with van der Waals surface area (Å²) in [6, 6.07) is 3.63. The van der Waals surface area contributed by atoms with Crippen LogP contribution in [0.25, 0.3) is 0 Å². The van der Waals surface area contributed by atoms with Gasteiger partial charge in [0.1, 0.15) is 0 Å². The van der Waals surface area contributed by atoms with Crippen LogP contribution in [0, 0.1) is 0 Å². The van der Waals surface area contributed by atoms with Gasteiger partial charge in [0, 0.05) is 32.4 Å². The zero-order valence-electron chi connectivity index (χ0n) is 13.3. The highest BCUT2D eigenvalue weighted by Gasteiger charge is 2.29. The molecule has 2 rings (SSSR count). The number of rotatable bonds is 6. The Hall–Kier alpha value is -1.34. The van der Waals surface area contributed by atoms with E-state index >= 15 is 0 Å². The number of thioether (sulfide) groups is 1. The standard InChI is InChI=1S/C15H25N5OS/c1-19(15(21)13(16)7-10-22-2)12-5-4-9-20(11-12)14-6-3-8-17-18-14/h3,6,8,12-13H,4-5,7,9-11,16H2,1-2H3/t12?,13-/m0/s1. The monoisotopic (exact) mass is 323 g/mol. The summed E-state index contributed by atoms with van der Waals surface area (Å²) in [5.41, 5.74) is 6.02. The second-order valence-corrected chi connectivity index (χ2v) is 6.65. The van der Waals surface area contributed by atoms with Crippen LogP contribution < -0.4 is 10.6 Å². The lowest BCUT2D eigenvalue weighted by atomic mass is 10.0. The van der Waals surface area contributed by atoms with Gasteiger partial charge >= 0.3 is 0 Å². The summed E-state index contributed by atoms with van der Waals surface area (Å²) in [6.07, 6.45) is 6.48. The molecule has 0 aliphatic carbocycles. The van der Waals surface area contributed by atoms with Crippen LogP contribution in [-0.4, -0.2) is 65.2 Å². The van der Waals surface area contributed by atoms with E-state index in [-0.39, 0.29) is 11.9 Å². The fourth-order valence-electron chi connectivity index (χ4n) is 2.75. The minimum Gasteiger partial charge on any atom is -0.353 e. The summed E-state index contributed by atoms with van der Waals surface area (Å²) >= 11 is 1.72. The molecule has 0 bridgehead atoms. The number of nitrogens with two attached hydrogens (primary N) is 1. The Balaban J connectivity index is 1.95. The molecule has 0 spiro atoms. The molecule has 1 saturated heterocycles. The molecule has 6 nitrogen and oxygen atoms in total. The Morgan fingerprint density at radius 3 is 3.14 bits per heavy atom. The van der Waals surface area contributed by atoms with Gasteiger partial charge in [0.25, 0.3) is 0 Å². The summed E-state index contributed by atoms with van der Waals surface area (Å²) in [5.74, 6) is 1.83. The first-order valence-corrected chi connectivity index (χ1v) is 9.06. The highest BCUT2D eigenvalue weighted by atomic mass is 32.2. The molecule has 1 amide bonds. The smallest absolute Gasteiger partial charge is 0.239 e. The predicted octanol–water partition coefficient (Wildman–Crippen LogP) is 0.984. The van der Waals surface area contributed by atoms with E-state index in [9.17, 15) is 4.79 Å². The summed E-state index contributed by atoms with van der Waals surface area (Å²) in [4.78, 5) is 16.5. The van der Waals surface area contributed by atoms with Gasteiger partial charge in [0.05, 0.1) is 6.04 Å². The van der Waals surface area contributed by atoms with E-state index in [0.717, 1.165) is 43.9 Å². The minimum absolute atomic E-state index is 0.0417. The maximum atomic E-state index is 12.4. The first-order chi connectivity index (χ1) is 10.6. The molecule has 22 heavy (non-hydrogen) atoms. The molecule has 1 aliphatic heterocycles. The Morgan fingerprint density at radius 2 is 2.45 bits per heavy atom. The molecule has 0 radical (unpaired) electrons. The van der Waals surface area contributed by atoms with E-state index in [0.29, 0.717) is 0 Å². The van der Waals surface area contributed by atoms with E-state index in [1.54, 1.807) is 18.0 Å². The fraction of sp³-hybridized carbons (Fsp3) is 0.667. The lowest BCUT2D eigenvalue weighted by Gasteiger charge is -2.38. The predicted molar refractivity (Wildman–Crippen MR) is 91.0 cm³/mol. The van der Waals surface area contributed by atoms with Crippen LogP contribution in [0.5, 0.6) is 0 Å². The van der Waals surface area contributed by atoms with Crippen molar-refractivity contribution in [3.63, 3.8) is 0 Å². The topological polar surface area (TPSA) is 75.4 Å². The molecule has 1 aromatic rings. The van der Waals surface area contributed by atoms with Gasteiger partial charge in [0.15, 0.2) is 5.82 Å². The number of nitrogens with zero attached hydrogens (tertiary/aromatic N) is 4. The number of carbonyl (C=O) groups is 1. The molecule has 1 unspecified atom stereocenters. The SMILES string of the molecule is CSCC[C@H](N)C(=O)N(C)C1CCCN(c2cccnn2)C1. The van der Waals surface area contributed by atoms with E-state index in [2.05, 4.69) is 15.1 Å². The Kier molecular flexibility index (Phi) is 6.45. The van der Waals surface area contributed by atoms with Crippen molar-refractivity contribution in [2.24, 2.45) is 5.73 Å². The number of piperidine rings is 1. The van der Waals surface area contributed by atoms with Gasteiger partial charge in [0.2, 0.25) is 5.91 Å². The summed E-state index contributed by atoms with van der Waals surface area (Å²) in [5, 5.41) is 8.09. The van der Waals surface area contributed by atoms with Crippen molar-refractivity contribution in [2.75, 3.05) is 37.0 Å². The second-order valence-electron chi connectivity index (χ2n) is 5.66. The third kappa shape index (κ3) is 4.33. The number of aromatic nitrogens is 2. The van der Waals surface area contributed by atoms with Crippen LogP contribution in [0.15, 0.2) is 18.3 Å². The average molecular weight is 323 g/mol. The third-order valence-corrected chi connectivity index (χ3v) is 4.77. The number of hydrogen-bond acceptors (Lipinski definition) is 6. The van der Waals surface area contributed by atoms with Crippen LogP contribution in [0.1, 0.15) is 19.3 Å². The van der Waals surface area contributed by atoms with Gasteiger partial charge in [-0.1, -0.05) is 0 Å². The summed E-state index contributed by atoms with van der Waals surface area (Å²) in [6.45, 7) is 1.74. The Morgan fingerprint density at radius 1 is 1.64 bits per heavy atom. The van der Waals surface area contributed by atoms with Gasteiger partial charge in [-0.3, -0.25) is 4.79 Å². The molecule has 1 aliphatic rings. The zero-order chi connectivity index (χ0) is 15.9. The van der Waals surface area contributed by atoms with Crippen LogP contribution in [0.3, 0.4) is 0 Å². The van der Waals surface area contributed by atoms with Crippen molar-refractivity contribution in [2.45, 2.75) is 31.3 Å². The number of amides is 1. The molecule has 2 heterocycles. The van der Waals surface area contributed by atoms with Crippen molar-refractivity contribution in [1.29, 1.82) is 0 Å². The molecule has 7 heteroatoms. The quantitative estimate of drug-likeness (QED) is 0.841. The number of likely N-dealkylation sites (N-methyl/N-ethyl adjacent to an activating group) is 1. The van der Waals surface area contributed by atoms with E-state index in [4.69, 9.17) is 5.73 Å². The van der Waals surface area contributed by atoms with Crippen molar-refractivity contribution < 1.29 is 4.79 Å². The third-order valence-electron chi connectivity index (χ3n) is 4.12. The number of hydrogen-bond donors (Lipinski definition) is 1. The lowest BCUT2D eigenvalue weighted by Crippen LogP contribution is -2.53. The van der Waals surface area contributed by atoms with Gasteiger partial charge in [-0.05, 0) is 43.4 Å². The summed E-state index contributed by atoms with van der Waals surface area (Å²) < 4.78 is 0. The van der Waals surface area contributed by atoms with Gasteiger partial charge in [-0.15, -0.1) is 5.10 Å². The molecular weight excluding hydrogens is 298 g/mol. The first kappa shape index (κ1) is 17.0. The number of carbonyl (C=O) groups excluding carboxylic acids is 1. The second kappa shape index (κ2) is 8.33. The minimum atomic E-state index is -0.399. The highest BCUT2D eigenvalue weighted by molar-refractivity contribution is 7.98. The maximum Gasteiger partial charge on any atom is 0.239 e. The van der Waals surface area contributed by atoms with Gasteiger partial charge in [-0.2, -0.15) is 16.9 Å². The normalized spacial score (nSPS) is 19.8. The first-order valence-electron chi connectivity index (χ1n) is 7.67. The van der Waals surface area contributed by atoms with E-state index in [1.807, 2.05) is 30.3 Å². The van der Waals surface area contributed by atoms with E-state index in [1.165, 1.54) is 0 Å². The lowest BCUT2D eigenvalue weighted by molar-refractivity contribution is -0.133.